The summed E-state index contributed by atoms with van der Waals surface area (Å²) in [5, 5.41) is 8.32. The Balaban J connectivity index is 1.15. The molecule has 6 aromatic carbocycles. The number of benzene rings is 6. The van der Waals surface area contributed by atoms with Crippen LogP contribution in [0.4, 0.5) is 0 Å². The second-order valence-corrected chi connectivity index (χ2v) is 12.2. The van der Waals surface area contributed by atoms with Crippen LogP contribution in [0, 0.1) is 0 Å². The van der Waals surface area contributed by atoms with Gasteiger partial charge < -0.3 is 4.42 Å². The highest BCUT2D eigenvalue weighted by Crippen LogP contribution is 2.38. The van der Waals surface area contributed by atoms with Gasteiger partial charge in [-0.1, -0.05) is 109 Å². The summed E-state index contributed by atoms with van der Waals surface area (Å²) in [7, 11) is 0. The molecule has 0 radical (unpaired) electrons. The monoisotopic (exact) mass is 602 g/mol. The molecule has 0 fully saturated rings. The highest BCUT2D eigenvalue weighted by atomic mass is 16.3. The van der Waals surface area contributed by atoms with Gasteiger partial charge in [0.15, 0.2) is 17.2 Å². The summed E-state index contributed by atoms with van der Waals surface area (Å²) in [4.78, 5) is 20.1. The average Bonchev–Trinajstić information content (AvgIpc) is 3.53. The number of aromatic nitrogens is 4. The number of pyridine rings is 1. The lowest BCUT2D eigenvalue weighted by Crippen LogP contribution is -2.12. The van der Waals surface area contributed by atoms with Crippen molar-refractivity contribution in [2.45, 2.75) is 12.3 Å². The summed E-state index contributed by atoms with van der Waals surface area (Å²) in [5.41, 5.74) is 6.70. The van der Waals surface area contributed by atoms with Crippen LogP contribution < -0.4 is 0 Å². The van der Waals surface area contributed by atoms with Crippen molar-refractivity contribution in [1.29, 1.82) is 0 Å². The van der Waals surface area contributed by atoms with E-state index in [1.807, 2.05) is 24.3 Å². The third kappa shape index (κ3) is 4.17. The highest BCUT2D eigenvalue weighted by molar-refractivity contribution is 6.11. The summed E-state index contributed by atoms with van der Waals surface area (Å²) in [6, 6.07) is 42.2. The van der Waals surface area contributed by atoms with Crippen molar-refractivity contribution in [3.05, 3.63) is 151 Å². The smallest absolute Gasteiger partial charge is 0.164 e. The molecule has 0 aliphatic heterocycles. The van der Waals surface area contributed by atoms with Gasteiger partial charge >= 0.3 is 0 Å². The Morgan fingerprint density at radius 2 is 1.40 bits per heavy atom. The molecule has 0 N–H and O–H groups in total. The number of furan rings is 1. The van der Waals surface area contributed by atoms with Crippen LogP contribution in [0.2, 0.25) is 0 Å². The minimum absolute atomic E-state index is 0.0141. The molecule has 1 aliphatic carbocycles. The number of nitrogens with zero attached hydrogens (tertiary/aromatic N) is 4. The van der Waals surface area contributed by atoms with Gasteiger partial charge in [0.1, 0.15) is 16.9 Å². The first-order valence-electron chi connectivity index (χ1n) is 15.9. The van der Waals surface area contributed by atoms with Crippen molar-refractivity contribution in [2.24, 2.45) is 0 Å². The van der Waals surface area contributed by atoms with Gasteiger partial charge in [0, 0.05) is 23.2 Å². The normalized spacial score (nSPS) is 14.4. The van der Waals surface area contributed by atoms with Crippen molar-refractivity contribution >= 4 is 60.5 Å². The molecule has 0 amide bonds. The number of hydrogen-bond acceptors (Lipinski definition) is 5. The maximum atomic E-state index is 6.18. The van der Waals surface area contributed by atoms with Gasteiger partial charge in [-0.2, -0.15) is 0 Å². The molecule has 1 unspecified atom stereocenters. The molecule has 0 spiro atoms. The molecule has 5 heteroatoms. The third-order valence-corrected chi connectivity index (χ3v) is 9.48. The summed E-state index contributed by atoms with van der Waals surface area (Å²) in [6.07, 6.45) is 7.11. The largest absolute Gasteiger partial charge is 0.454 e. The first-order valence-corrected chi connectivity index (χ1v) is 15.9. The molecule has 1 atom stereocenters. The summed E-state index contributed by atoms with van der Waals surface area (Å²) in [5.74, 6) is 2.00. The second kappa shape index (κ2) is 10.2. The van der Waals surface area contributed by atoms with Crippen LogP contribution in [-0.2, 0) is 6.42 Å². The molecular weight excluding hydrogens is 576 g/mol. The highest BCUT2D eigenvalue weighted by Gasteiger charge is 2.24. The number of hydrogen-bond donors (Lipinski definition) is 0. The predicted octanol–water partition coefficient (Wildman–Crippen LogP) is 10.3. The van der Waals surface area contributed by atoms with Crippen LogP contribution >= 0.6 is 0 Å². The first kappa shape index (κ1) is 26.1. The van der Waals surface area contributed by atoms with Gasteiger partial charge in [0.05, 0.1) is 5.39 Å². The number of rotatable bonds is 3. The molecule has 0 bridgehead atoms. The molecule has 3 heterocycles. The van der Waals surface area contributed by atoms with E-state index in [1.165, 1.54) is 38.1 Å². The molecule has 9 aromatic rings. The topological polar surface area (TPSA) is 64.7 Å². The fourth-order valence-corrected chi connectivity index (χ4v) is 7.19. The molecule has 1 aliphatic rings. The fourth-order valence-electron chi connectivity index (χ4n) is 7.19. The van der Waals surface area contributed by atoms with E-state index in [-0.39, 0.29) is 5.92 Å². The fraction of sp³-hybridized carbons (Fsp3) is 0.0476. The van der Waals surface area contributed by atoms with Crippen molar-refractivity contribution in [3.63, 3.8) is 0 Å². The zero-order valence-electron chi connectivity index (χ0n) is 25.3. The molecule has 3 aromatic heterocycles. The zero-order chi connectivity index (χ0) is 30.9. The molecule has 10 rings (SSSR count). The Morgan fingerprint density at radius 1 is 0.596 bits per heavy atom. The lowest BCUT2D eigenvalue weighted by atomic mass is 9.85. The molecule has 0 saturated heterocycles. The molecule has 5 nitrogen and oxygen atoms in total. The quantitative estimate of drug-likeness (QED) is 0.188. The number of allylic oxidation sites excluding steroid dienone is 1. The first-order chi connectivity index (χ1) is 23.3. The minimum Gasteiger partial charge on any atom is -0.454 e. The van der Waals surface area contributed by atoms with Crippen LogP contribution in [0.25, 0.3) is 83.2 Å². The van der Waals surface area contributed by atoms with E-state index >= 15 is 0 Å². The van der Waals surface area contributed by atoms with Crippen LogP contribution in [0.3, 0.4) is 0 Å². The van der Waals surface area contributed by atoms with Crippen LogP contribution in [0.5, 0.6) is 0 Å². The van der Waals surface area contributed by atoms with Gasteiger partial charge in [-0.25, -0.2) is 15.0 Å². The van der Waals surface area contributed by atoms with E-state index < -0.39 is 0 Å². The lowest BCUT2D eigenvalue weighted by Gasteiger charge is -2.21. The molecular formula is C42H26N4O. The van der Waals surface area contributed by atoms with Gasteiger partial charge in [0.25, 0.3) is 0 Å². The molecule has 220 valence electrons. The van der Waals surface area contributed by atoms with E-state index in [0.717, 1.165) is 50.8 Å². The van der Waals surface area contributed by atoms with E-state index in [4.69, 9.17) is 19.4 Å². The Hall–Kier alpha value is -6.20. The van der Waals surface area contributed by atoms with Crippen LogP contribution in [-0.4, -0.2) is 19.9 Å². The maximum Gasteiger partial charge on any atom is 0.164 e. The standard InChI is InChI=1S/C42H26N4O/c1-2-9-27-23-29(15-14-25(27)7-1)40-44-41(46-42(45-40)35-11-5-12-36-38(35)39-37(47-36)13-6-22-43-39)30-18-19-32-28(24-30)17-21-33-31-10-4-3-8-26(31)16-20-34(32)33/h1-23,30H,24H2. The van der Waals surface area contributed by atoms with E-state index in [0.29, 0.717) is 11.6 Å². The van der Waals surface area contributed by atoms with Crippen LogP contribution in [0.15, 0.2) is 138 Å². The minimum atomic E-state index is -0.0141. The van der Waals surface area contributed by atoms with Crippen molar-refractivity contribution in [1.82, 2.24) is 19.9 Å². The third-order valence-electron chi connectivity index (χ3n) is 9.48. The SMILES string of the molecule is C1=CC(c2nc(-c3ccc4ccccc4c3)nc(-c3cccc4oc5cccnc5c34)n2)Cc2ccc3c(ccc4ccccc43)c21. The van der Waals surface area contributed by atoms with Gasteiger partial charge in [-0.05, 0) is 74.1 Å². The summed E-state index contributed by atoms with van der Waals surface area (Å²) in [6.45, 7) is 0. The van der Waals surface area contributed by atoms with E-state index in [2.05, 4.69) is 114 Å². The van der Waals surface area contributed by atoms with E-state index in [9.17, 15) is 0 Å². The maximum absolute atomic E-state index is 6.18. The Bertz CT molecular complexity index is 2740. The van der Waals surface area contributed by atoms with Gasteiger partial charge in [-0.3, -0.25) is 4.98 Å². The summed E-state index contributed by atoms with van der Waals surface area (Å²) >= 11 is 0. The Kier molecular flexibility index (Phi) is 5.63. The zero-order valence-corrected chi connectivity index (χ0v) is 25.3. The average molecular weight is 603 g/mol. The predicted molar refractivity (Wildman–Crippen MR) is 190 cm³/mol. The van der Waals surface area contributed by atoms with E-state index in [1.54, 1.807) is 6.20 Å². The Labute approximate surface area is 269 Å². The van der Waals surface area contributed by atoms with Crippen molar-refractivity contribution < 1.29 is 4.42 Å². The second-order valence-electron chi connectivity index (χ2n) is 12.2. The van der Waals surface area contributed by atoms with Gasteiger partial charge in [0.2, 0.25) is 0 Å². The van der Waals surface area contributed by atoms with Crippen molar-refractivity contribution in [3.8, 4) is 22.8 Å². The molecule has 0 saturated carbocycles. The number of fused-ring (bicyclic) bond motifs is 9. The summed E-state index contributed by atoms with van der Waals surface area (Å²) < 4.78 is 6.18. The van der Waals surface area contributed by atoms with Crippen LogP contribution in [0.1, 0.15) is 22.9 Å². The van der Waals surface area contributed by atoms with Crippen molar-refractivity contribution in [2.75, 3.05) is 0 Å². The Morgan fingerprint density at radius 3 is 2.36 bits per heavy atom. The molecule has 47 heavy (non-hydrogen) atoms. The van der Waals surface area contributed by atoms with Gasteiger partial charge in [-0.15, -0.1) is 0 Å². The lowest BCUT2D eigenvalue weighted by molar-refractivity contribution is 0.668.